The largest absolute Gasteiger partial charge is 0.353 e. The van der Waals surface area contributed by atoms with Gasteiger partial charge in [-0.05, 0) is 57.2 Å². The number of amides is 1. The minimum absolute atomic E-state index is 0.00818. The van der Waals surface area contributed by atoms with E-state index in [2.05, 4.69) is 17.4 Å². The zero-order valence-corrected chi connectivity index (χ0v) is 19.6. The maximum atomic E-state index is 13.3. The number of aryl methyl sites for hydroxylation is 1. The molecule has 2 atom stereocenters. The predicted molar refractivity (Wildman–Crippen MR) is 131 cm³/mol. The van der Waals surface area contributed by atoms with E-state index in [4.69, 9.17) is 4.98 Å². The number of nitrogens with zero attached hydrogens (tertiary/aromatic N) is 2. The number of hydrogen-bond acceptors (Lipinski definition) is 4. The van der Waals surface area contributed by atoms with E-state index in [1.54, 1.807) is 0 Å². The summed E-state index contributed by atoms with van der Waals surface area (Å²) < 4.78 is 1.85. The molecule has 168 valence electrons. The number of fused-ring (bicyclic) bond motifs is 1. The highest BCUT2D eigenvalue weighted by molar-refractivity contribution is 8.00. The minimum Gasteiger partial charge on any atom is -0.353 e. The molecule has 2 aromatic carbocycles. The van der Waals surface area contributed by atoms with Crippen molar-refractivity contribution in [1.29, 1.82) is 0 Å². The molecule has 0 unspecified atom stereocenters. The summed E-state index contributed by atoms with van der Waals surface area (Å²) in [6.07, 6.45) is 6.05. The Balaban J connectivity index is 1.47. The molecule has 1 fully saturated rings. The first kappa shape index (κ1) is 22.6. The predicted octanol–water partition coefficient (Wildman–Crippen LogP) is 5.13. The topological polar surface area (TPSA) is 64.0 Å². The van der Waals surface area contributed by atoms with Gasteiger partial charge in [0, 0.05) is 12.1 Å². The number of carbonyl (C=O) groups excluding carboxylic acids is 1. The molecule has 0 saturated heterocycles. The van der Waals surface area contributed by atoms with E-state index in [9.17, 15) is 9.59 Å². The monoisotopic (exact) mass is 449 g/mol. The third-order valence-electron chi connectivity index (χ3n) is 6.21. The van der Waals surface area contributed by atoms with Crippen molar-refractivity contribution in [2.45, 2.75) is 74.9 Å². The van der Waals surface area contributed by atoms with Crippen LogP contribution in [0.4, 0.5) is 0 Å². The normalized spacial score (nSPS) is 16.2. The van der Waals surface area contributed by atoms with Crippen molar-refractivity contribution in [3.05, 3.63) is 70.5 Å². The first-order chi connectivity index (χ1) is 15.5. The number of para-hydroxylation sites is 1. The fraction of sp³-hybridized carbons (Fsp3) is 0.423. The van der Waals surface area contributed by atoms with Crippen LogP contribution in [0.1, 0.15) is 57.6 Å². The number of benzene rings is 2. The van der Waals surface area contributed by atoms with Crippen molar-refractivity contribution >= 4 is 28.6 Å². The highest BCUT2D eigenvalue weighted by atomic mass is 32.2. The summed E-state index contributed by atoms with van der Waals surface area (Å²) in [4.78, 5) is 31.0. The molecular formula is C26H31N3O2S. The molecule has 1 saturated carbocycles. The number of hydrogen-bond donors (Lipinski definition) is 1. The highest BCUT2D eigenvalue weighted by Crippen LogP contribution is 2.33. The second-order valence-corrected chi connectivity index (χ2v) is 10.0. The minimum atomic E-state index is -0.338. The van der Waals surface area contributed by atoms with Gasteiger partial charge in [-0.1, -0.05) is 67.1 Å². The van der Waals surface area contributed by atoms with Gasteiger partial charge < -0.3 is 5.32 Å². The lowest BCUT2D eigenvalue weighted by molar-refractivity contribution is -0.120. The summed E-state index contributed by atoms with van der Waals surface area (Å²) in [6, 6.07) is 18.1. The van der Waals surface area contributed by atoms with Gasteiger partial charge in [0.15, 0.2) is 5.16 Å². The lowest BCUT2D eigenvalue weighted by atomic mass is 10.1. The van der Waals surface area contributed by atoms with Crippen molar-refractivity contribution < 1.29 is 4.79 Å². The SMILES string of the molecule is C[C@H](Sc1nc2ccccc2c(=O)n1C1CCCC1)C(=O)N[C@@H](C)CCc1ccccc1. The van der Waals surface area contributed by atoms with Crippen LogP contribution >= 0.6 is 11.8 Å². The summed E-state index contributed by atoms with van der Waals surface area (Å²) >= 11 is 1.39. The Morgan fingerprint density at radius 1 is 1.09 bits per heavy atom. The van der Waals surface area contributed by atoms with Crippen LogP contribution in [0, 0.1) is 0 Å². The van der Waals surface area contributed by atoms with Crippen LogP contribution in [-0.4, -0.2) is 26.8 Å². The Hall–Kier alpha value is -2.60. The number of thioether (sulfide) groups is 1. The van der Waals surface area contributed by atoms with Gasteiger partial charge in [-0.25, -0.2) is 4.98 Å². The van der Waals surface area contributed by atoms with Crippen molar-refractivity contribution in [1.82, 2.24) is 14.9 Å². The first-order valence-electron chi connectivity index (χ1n) is 11.5. The first-order valence-corrected chi connectivity index (χ1v) is 12.4. The van der Waals surface area contributed by atoms with E-state index >= 15 is 0 Å². The summed E-state index contributed by atoms with van der Waals surface area (Å²) in [6.45, 7) is 3.94. The molecule has 1 amide bonds. The molecule has 0 aliphatic heterocycles. The molecule has 1 aromatic heterocycles. The molecule has 0 spiro atoms. The third kappa shape index (κ3) is 5.23. The van der Waals surface area contributed by atoms with Gasteiger partial charge in [-0.3, -0.25) is 14.2 Å². The second kappa shape index (κ2) is 10.3. The molecule has 1 heterocycles. The van der Waals surface area contributed by atoms with E-state index in [0.29, 0.717) is 16.1 Å². The average molecular weight is 450 g/mol. The van der Waals surface area contributed by atoms with Gasteiger partial charge in [0.05, 0.1) is 16.2 Å². The van der Waals surface area contributed by atoms with Crippen molar-refractivity contribution in [3.8, 4) is 0 Å². The summed E-state index contributed by atoms with van der Waals surface area (Å²) in [5.74, 6) is -0.0176. The molecule has 32 heavy (non-hydrogen) atoms. The Kier molecular flexibility index (Phi) is 7.30. The van der Waals surface area contributed by atoms with Gasteiger partial charge in [-0.2, -0.15) is 0 Å². The number of aromatic nitrogens is 2. The summed E-state index contributed by atoms with van der Waals surface area (Å²) in [5, 5.41) is 4.10. The zero-order chi connectivity index (χ0) is 22.5. The van der Waals surface area contributed by atoms with Crippen LogP contribution in [0.2, 0.25) is 0 Å². The molecule has 3 aromatic rings. The number of nitrogens with one attached hydrogen (secondary N) is 1. The third-order valence-corrected chi connectivity index (χ3v) is 7.28. The van der Waals surface area contributed by atoms with Crippen LogP contribution in [0.25, 0.3) is 10.9 Å². The van der Waals surface area contributed by atoms with Crippen LogP contribution < -0.4 is 10.9 Å². The second-order valence-electron chi connectivity index (χ2n) is 8.72. The summed E-state index contributed by atoms with van der Waals surface area (Å²) in [7, 11) is 0. The Labute approximate surface area is 193 Å². The van der Waals surface area contributed by atoms with E-state index in [0.717, 1.165) is 38.5 Å². The summed E-state index contributed by atoms with van der Waals surface area (Å²) in [5.41, 5.74) is 1.98. The van der Waals surface area contributed by atoms with Crippen molar-refractivity contribution in [2.75, 3.05) is 0 Å². The number of carbonyl (C=O) groups is 1. The highest BCUT2D eigenvalue weighted by Gasteiger charge is 2.26. The van der Waals surface area contributed by atoms with Crippen molar-refractivity contribution in [2.24, 2.45) is 0 Å². The molecule has 0 bridgehead atoms. The van der Waals surface area contributed by atoms with Crippen LogP contribution in [0.15, 0.2) is 64.5 Å². The molecule has 1 aliphatic carbocycles. The fourth-order valence-electron chi connectivity index (χ4n) is 4.36. The van der Waals surface area contributed by atoms with Crippen LogP contribution in [0.3, 0.4) is 0 Å². The van der Waals surface area contributed by atoms with Gasteiger partial charge in [0.25, 0.3) is 5.56 Å². The zero-order valence-electron chi connectivity index (χ0n) is 18.8. The van der Waals surface area contributed by atoms with E-state index in [1.165, 1.54) is 17.3 Å². The molecule has 1 aliphatic rings. The van der Waals surface area contributed by atoms with E-state index in [-0.39, 0.29) is 28.8 Å². The lowest BCUT2D eigenvalue weighted by Gasteiger charge is -2.21. The van der Waals surface area contributed by atoms with Crippen LogP contribution in [-0.2, 0) is 11.2 Å². The standard InChI is InChI=1S/C26H31N3O2S/c1-18(16-17-20-10-4-3-5-11-20)27-24(30)19(2)32-26-28-23-15-9-8-14-22(23)25(31)29(26)21-12-6-7-13-21/h3-5,8-11,14-15,18-19,21H,6-7,12-13,16-17H2,1-2H3,(H,27,30)/t18-,19-/m0/s1. The molecule has 1 N–H and O–H groups in total. The molecule has 6 heteroatoms. The van der Waals surface area contributed by atoms with E-state index < -0.39 is 0 Å². The lowest BCUT2D eigenvalue weighted by Crippen LogP contribution is -2.38. The molecule has 4 rings (SSSR count). The smallest absolute Gasteiger partial charge is 0.262 e. The molecule has 0 radical (unpaired) electrons. The van der Waals surface area contributed by atoms with Gasteiger partial charge in [0.1, 0.15) is 0 Å². The fourth-order valence-corrected chi connectivity index (χ4v) is 5.35. The van der Waals surface area contributed by atoms with Crippen LogP contribution in [0.5, 0.6) is 0 Å². The Morgan fingerprint density at radius 3 is 2.53 bits per heavy atom. The van der Waals surface area contributed by atoms with Gasteiger partial charge >= 0.3 is 0 Å². The van der Waals surface area contributed by atoms with E-state index in [1.807, 2.05) is 60.9 Å². The number of rotatable bonds is 8. The maximum Gasteiger partial charge on any atom is 0.262 e. The van der Waals surface area contributed by atoms with Crippen molar-refractivity contribution in [3.63, 3.8) is 0 Å². The molecule has 5 nitrogen and oxygen atoms in total. The Bertz CT molecular complexity index is 1120. The van der Waals surface area contributed by atoms with Gasteiger partial charge in [-0.15, -0.1) is 0 Å². The maximum absolute atomic E-state index is 13.3. The van der Waals surface area contributed by atoms with Gasteiger partial charge in [0.2, 0.25) is 5.91 Å². The average Bonchev–Trinajstić information content (AvgIpc) is 3.33. The quantitative estimate of drug-likeness (QED) is 0.382. The molecular weight excluding hydrogens is 418 g/mol. The Morgan fingerprint density at radius 2 is 1.78 bits per heavy atom.